The van der Waals surface area contributed by atoms with Gasteiger partial charge >= 0.3 is 55.0 Å². The van der Waals surface area contributed by atoms with E-state index in [0.29, 0.717) is 14.5 Å². The summed E-state index contributed by atoms with van der Waals surface area (Å²) >= 11 is 0.587. The van der Waals surface area contributed by atoms with E-state index in [9.17, 15) is 0 Å². The first-order valence-electron chi connectivity index (χ1n) is 2.61. The van der Waals surface area contributed by atoms with Gasteiger partial charge in [0.25, 0.3) is 0 Å². The van der Waals surface area contributed by atoms with Crippen LogP contribution in [0.1, 0.15) is 14.7 Å². The minimum absolute atomic E-state index is 0.587. The van der Waals surface area contributed by atoms with Crippen molar-refractivity contribution >= 4 is 14.5 Å². The predicted molar refractivity (Wildman–Crippen MR) is 35.4 cm³/mol. The van der Waals surface area contributed by atoms with Crippen LogP contribution in [0.2, 0.25) is 0 Å². The second kappa shape index (κ2) is 2.04. The van der Waals surface area contributed by atoms with Gasteiger partial charge in [-0.05, 0) is 0 Å². The summed E-state index contributed by atoms with van der Waals surface area (Å²) in [7, 11) is 0. The molecule has 1 heterocycles. The van der Waals surface area contributed by atoms with Gasteiger partial charge in [-0.2, -0.15) is 0 Å². The van der Waals surface area contributed by atoms with Crippen molar-refractivity contribution in [3.63, 3.8) is 0 Å². The van der Waals surface area contributed by atoms with Crippen LogP contribution in [0.3, 0.4) is 0 Å². The molecule has 1 aromatic rings. The Bertz CT molecular complexity index is 171. The summed E-state index contributed by atoms with van der Waals surface area (Å²) < 4.78 is 2.79. The van der Waals surface area contributed by atoms with Crippen LogP contribution in [0.15, 0.2) is 0 Å². The van der Waals surface area contributed by atoms with Crippen molar-refractivity contribution in [2.45, 2.75) is 20.8 Å². The Hall–Kier alpha value is -0.0705. The quantitative estimate of drug-likeness (QED) is 0.536. The van der Waals surface area contributed by atoms with Gasteiger partial charge in [-0.1, -0.05) is 0 Å². The Morgan fingerprint density at radius 1 is 1.25 bits per heavy atom. The first-order valence-corrected chi connectivity index (χ1v) is 4.32. The van der Waals surface area contributed by atoms with E-state index in [2.05, 4.69) is 25.8 Å². The third-order valence-electron chi connectivity index (χ3n) is 1.14. The summed E-state index contributed by atoms with van der Waals surface area (Å²) in [5.74, 6) is 0. The predicted octanol–water partition coefficient (Wildman–Crippen LogP) is 1.06. The summed E-state index contributed by atoms with van der Waals surface area (Å²) in [6.07, 6.45) is 0. The van der Waals surface area contributed by atoms with E-state index in [4.69, 9.17) is 0 Å². The second-order valence-electron chi connectivity index (χ2n) is 1.87. The summed E-state index contributed by atoms with van der Waals surface area (Å²) in [4.78, 5) is 4.29. The number of rotatable bonds is 0. The normalized spacial score (nSPS) is 9.88. The molecule has 0 aliphatic carbocycles. The van der Waals surface area contributed by atoms with Crippen molar-refractivity contribution in [1.82, 2.24) is 4.98 Å². The molecule has 0 aromatic carbocycles. The van der Waals surface area contributed by atoms with Gasteiger partial charge in [-0.3, -0.25) is 0 Å². The number of aromatic nitrogens is 1. The number of nitrogens with zero attached hydrogens (tertiary/aromatic N) is 1. The summed E-state index contributed by atoms with van der Waals surface area (Å²) in [5.41, 5.74) is 1.24. The molecular weight excluding hydrogens is 165 g/mol. The van der Waals surface area contributed by atoms with Crippen LogP contribution in [0.25, 0.3) is 0 Å². The van der Waals surface area contributed by atoms with Crippen LogP contribution in [0, 0.1) is 20.8 Å². The van der Waals surface area contributed by atoms with Gasteiger partial charge in [-0.25, -0.2) is 0 Å². The molecule has 1 rings (SSSR count). The average molecular weight is 174 g/mol. The van der Waals surface area contributed by atoms with Gasteiger partial charge < -0.3 is 0 Å². The van der Waals surface area contributed by atoms with E-state index in [1.807, 2.05) is 0 Å². The van der Waals surface area contributed by atoms with Crippen LogP contribution >= 0.6 is 0 Å². The molecule has 0 radical (unpaired) electrons. The SMILES string of the molecule is Cc1nc(C)c(C)[se]1. The fourth-order valence-corrected chi connectivity index (χ4v) is 2.35. The zero-order chi connectivity index (χ0) is 6.15. The van der Waals surface area contributed by atoms with Crippen molar-refractivity contribution in [1.29, 1.82) is 0 Å². The minimum atomic E-state index is 0.587. The molecule has 1 aromatic heterocycles. The Morgan fingerprint density at radius 3 is 2.00 bits per heavy atom. The Kier molecular flexibility index (Phi) is 1.54. The number of aryl methyl sites for hydroxylation is 3. The first kappa shape index (κ1) is 6.06. The second-order valence-corrected chi connectivity index (χ2v) is 4.83. The molecule has 0 atom stereocenters. The van der Waals surface area contributed by atoms with E-state index in [0.717, 1.165) is 0 Å². The number of hydrogen-bond donors (Lipinski definition) is 0. The molecule has 0 N–H and O–H groups in total. The monoisotopic (exact) mass is 175 g/mol. The van der Waals surface area contributed by atoms with Crippen LogP contribution in [0.4, 0.5) is 0 Å². The molecule has 2 heteroatoms. The van der Waals surface area contributed by atoms with E-state index in [1.54, 1.807) is 0 Å². The Balaban J connectivity index is 3.14. The maximum atomic E-state index is 4.29. The van der Waals surface area contributed by atoms with Crippen LogP contribution in [-0.2, 0) is 0 Å². The molecule has 0 aliphatic heterocycles. The zero-order valence-electron chi connectivity index (χ0n) is 5.36. The molecule has 0 amide bonds. The third-order valence-corrected chi connectivity index (χ3v) is 3.21. The summed E-state index contributed by atoms with van der Waals surface area (Å²) in [6.45, 7) is 6.34. The molecular formula is C6H9NSe. The van der Waals surface area contributed by atoms with Gasteiger partial charge in [0.05, 0.1) is 0 Å². The first-order chi connectivity index (χ1) is 3.70. The van der Waals surface area contributed by atoms with Crippen LogP contribution in [0.5, 0.6) is 0 Å². The fourth-order valence-electron chi connectivity index (χ4n) is 0.633. The molecule has 0 fully saturated rings. The Morgan fingerprint density at radius 2 is 1.88 bits per heavy atom. The van der Waals surface area contributed by atoms with Gasteiger partial charge in [-0.15, -0.1) is 0 Å². The van der Waals surface area contributed by atoms with Crippen molar-refractivity contribution in [2.75, 3.05) is 0 Å². The van der Waals surface area contributed by atoms with E-state index in [1.165, 1.54) is 14.7 Å². The third kappa shape index (κ3) is 1.01. The van der Waals surface area contributed by atoms with Gasteiger partial charge in [0.1, 0.15) is 0 Å². The molecule has 8 heavy (non-hydrogen) atoms. The fraction of sp³-hybridized carbons (Fsp3) is 0.500. The standard InChI is InChI=1S/C6H9NSe/c1-4-5(2)8-6(3)7-4/h1-3H3. The van der Waals surface area contributed by atoms with E-state index < -0.39 is 0 Å². The Labute approximate surface area is 55.5 Å². The maximum absolute atomic E-state index is 4.29. The molecule has 0 saturated carbocycles. The molecule has 0 bridgehead atoms. The van der Waals surface area contributed by atoms with Gasteiger partial charge in [0.15, 0.2) is 0 Å². The molecule has 0 spiro atoms. The summed E-state index contributed by atoms with van der Waals surface area (Å²) in [6, 6.07) is 0. The number of hydrogen-bond acceptors (Lipinski definition) is 1. The van der Waals surface area contributed by atoms with Crippen molar-refractivity contribution in [3.05, 3.63) is 14.7 Å². The van der Waals surface area contributed by atoms with Crippen LogP contribution in [-0.4, -0.2) is 19.5 Å². The van der Waals surface area contributed by atoms with E-state index >= 15 is 0 Å². The topological polar surface area (TPSA) is 12.9 Å². The van der Waals surface area contributed by atoms with E-state index in [-0.39, 0.29) is 0 Å². The van der Waals surface area contributed by atoms with Gasteiger partial charge in [0.2, 0.25) is 0 Å². The zero-order valence-corrected chi connectivity index (χ0v) is 7.07. The molecule has 0 aliphatic rings. The van der Waals surface area contributed by atoms with Crippen molar-refractivity contribution < 1.29 is 0 Å². The average Bonchev–Trinajstić information content (AvgIpc) is 1.85. The van der Waals surface area contributed by atoms with Crippen molar-refractivity contribution in [2.24, 2.45) is 0 Å². The molecule has 44 valence electrons. The molecule has 0 unspecified atom stereocenters. The molecule has 0 saturated heterocycles. The van der Waals surface area contributed by atoms with Crippen LogP contribution < -0.4 is 0 Å². The van der Waals surface area contributed by atoms with Crippen molar-refractivity contribution in [3.8, 4) is 0 Å². The van der Waals surface area contributed by atoms with Gasteiger partial charge in [0, 0.05) is 0 Å². The molecule has 1 nitrogen and oxygen atoms in total. The summed E-state index contributed by atoms with van der Waals surface area (Å²) in [5, 5.41) is 0.